The normalized spacial score (nSPS) is 10.6. The van der Waals surface area contributed by atoms with Gasteiger partial charge in [0, 0.05) is 24.5 Å². The minimum Gasteiger partial charge on any atom is -0.475 e. The van der Waals surface area contributed by atoms with E-state index in [1.807, 2.05) is 26.0 Å². The molecule has 0 unspecified atom stereocenters. The van der Waals surface area contributed by atoms with Crippen molar-refractivity contribution in [3.05, 3.63) is 41.2 Å². The number of hydrogen-bond acceptors (Lipinski definition) is 5. The molecule has 0 atom stereocenters. The maximum Gasteiger partial charge on any atom is 0.218 e. The lowest BCUT2D eigenvalue weighted by Gasteiger charge is -2.14. The molecular formula is C14H17ClN4O. The van der Waals surface area contributed by atoms with Gasteiger partial charge in [0.15, 0.2) is 0 Å². The summed E-state index contributed by atoms with van der Waals surface area (Å²) in [6.45, 7) is 4.45. The number of anilines is 2. The highest BCUT2D eigenvalue weighted by Gasteiger charge is 2.08. The molecule has 0 saturated carbocycles. The Labute approximate surface area is 123 Å². The summed E-state index contributed by atoms with van der Waals surface area (Å²) >= 11 is 5.82. The first kappa shape index (κ1) is 14.4. The number of nitrogens with two attached hydrogens (primary N) is 1. The number of aromatic nitrogens is 2. The third kappa shape index (κ3) is 3.74. The van der Waals surface area contributed by atoms with Crippen LogP contribution in [0.1, 0.15) is 19.4 Å². The maximum atomic E-state index is 5.85. The van der Waals surface area contributed by atoms with E-state index in [9.17, 15) is 0 Å². The first-order chi connectivity index (χ1) is 9.56. The van der Waals surface area contributed by atoms with Gasteiger partial charge in [0.2, 0.25) is 5.88 Å². The van der Waals surface area contributed by atoms with Gasteiger partial charge >= 0.3 is 0 Å². The Kier molecular flexibility index (Phi) is 4.63. The molecule has 2 rings (SSSR count). The van der Waals surface area contributed by atoms with E-state index in [-0.39, 0.29) is 6.10 Å². The van der Waals surface area contributed by atoms with Crippen molar-refractivity contribution >= 4 is 23.1 Å². The van der Waals surface area contributed by atoms with Crippen LogP contribution < -0.4 is 15.8 Å². The Morgan fingerprint density at radius 2 is 2.20 bits per heavy atom. The largest absolute Gasteiger partial charge is 0.475 e. The van der Waals surface area contributed by atoms with Crippen LogP contribution in [0.5, 0.6) is 5.88 Å². The van der Waals surface area contributed by atoms with Crippen molar-refractivity contribution in [3.63, 3.8) is 0 Å². The highest BCUT2D eigenvalue weighted by molar-refractivity contribution is 6.30. The number of nitrogen functional groups attached to an aromatic ring is 1. The van der Waals surface area contributed by atoms with Crippen LogP contribution in [0.15, 0.2) is 30.6 Å². The topological polar surface area (TPSA) is 73.1 Å². The molecule has 0 bridgehead atoms. The lowest BCUT2D eigenvalue weighted by Crippen LogP contribution is -2.11. The fraction of sp³-hybridized carbons (Fsp3) is 0.286. The Morgan fingerprint density at radius 1 is 1.40 bits per heavy atom. The SMILES string of the molecule is CC(C)Oc1ncccc1CNc1ncc(Cl)cc1N. The molecule has 0 aliphatic carbocycles. The lowest BCUT2D eigenvalue weighted by atomic mass is 10.2. The Hall–Kier alpha value is -2.01. The molecule has 0 saturated heterocycles. The zero-order chi connectivity index (χ0) is 14.5. The number of nitrogens with zero attached hydrogens (tertiary/aromatic N) is 2. The van der Waals surface area contributed by atoms with Gasteiger partial charge in [-0.2, -0.15) is 0 Å². The van der Waals surface area contributed by atoms with Crippen LogP contribution in [0.4, 0.5) is 11.5 Å². The Morgan fingerprint density at radius 3 is 2.90 bits per heavy atom. The molecule has 20 heavy (non-hydrogen) atoms. The predicted octanol–water partition coefficient (Wildman–Crippen LogP) is 3.11. The van der Waals surface area contributed by atoms with Crippen LogP contribution in [0.3, 0.4) is 0 Å². The molecule has 0 aromatic carbocycles. The molecule has 0 radical (unpaired) electrons. The Bertz CT molecular complexity index is 589. The van der Waals surface area contributed by atoms with Crippen LogP contribution in [0, 0.1) is 0 Å². The van der Waals surface area contributed by atoms with Gasteiger partial charge in [-0.15, -0.1) is 0 Å². The summed E-state index contributed by atoms with van der Waals surface area (Å²) in [5, 5.41) is 3.67. The molecule has 0 spiro atoms. The van der Waals surface area contributed by atoms with Gasteiger partial charge in [0.1, 0.15) is 5.82 Å². The molecule has 6 heteroatoms. The van der Waals surface area contributed by atoms with E-state index >= 15 is 0 Å². The summed E-state index contributed by atoms with van der Waals surface area (Å²) < 4.78 is 5.66. The molecule has 3 N–H and O–H groups in total. The van der Waals surface area contributed by atoms with E-state index in [0.717, 1.165) is 5.56 Å². The van der Waals surface area contributed by atoms with E-state index in [2.05, 4.69) is 15.3 Å². The number of pyridine rings is 2. The van der Waals surface area contributed by atoms with Crippen LogP contribution in [-0.2, 0) is 6.54 Å². The highest BCUT2D eigenvalue weighted by Crippen LogP contribution is 2.22. The zero-order valence-electron chi connectivity index (χ0n) is 11.4. The van der Waals surface area contributed by atoms with Crippen molar-refractivity contribution in [1.29, 1.82) is 0 Å². The Balaban J connectivity index is 2.10. The molecule has 2 aromatic heterocycles. The first-order valence-electron chi connectivity index (χ1n) is 6.31. The van der Waals surface area contributed by atoms with Gasteiger partial charge in [-0.1, -0.05) is 17.7 Å². The maximum absolute atomic E-state index is 5.85. The van der Waals surface area contributed by atoms with E-state index in [1.54, 1.807) is 18.5 Å². The average Bonchev–Trinajstić information content (AvgIpc) is 2.39. The summed E-state index contributed by atoms with van der Waals surface area (Å²) in [6, 6.07) is 5.47. The van der Waals surface area contributed by atoms with Crippen molar-refractivity contribution in [2.45, 2.75) is 26.5 Å². The monoisotopic (exact) mass is 292 g/mol. The van der Waals surface area contributed by atoms with Crippen molar-refractivity contribution in [3.8, 4) is 5.88 Å². The van der Waals surface area contributed by atoms with E-state index in [0.29, 0.717) is 29.0 Å². The molecule has 0 fully saturated rings. The van der Waals surface area contributed by atoms with Crippen LogP contribution in [0.25, 0.3) is 0 Å². The quantitative estimate of drug-likeness (QED) is 0.886. The molecule has 0 amide bonds. The molecule has 0 aliphatic heterocycles. The summed E-state index contributed by atoms with van der Waals surface area (Å²) in [7, 11) is 0. The van der Waals surface area contributed by atoms with Gasteiger partial charge in [0.05, 0.1) is 16.8 Å². The third-order valence-electron chi connectivity index (χ3n) is 2.53. The van der Waals surface area contributed by atoms with E-state index in [4.69, 9.17) is 22.1 Å². The van der Waals surface area contributed by atoms with Gasteiger partial charge in [-0.3, -0.25) is 0 Å². The van der Waals surface area contributed by atoms with Gasteiger partial charge in [0.25, 0.3) is 0 Å². The minimum absolute atomic E-state index is 0.0716. The van der Waals surface area contributed by atoms with Crippen molar-refractivity contribution in [2.75, 3.05) is 11.1 Å². The van der Waals surface area contributed by atoms with Crippen LogP contribution >= 0.6 is 11.6 Å². The van der Waals surface area contributed by atoms with Gasteiger partial charge < -0.3 is 15.8 Å². The lowest BCUT2D eigenvalue weighted by molar-refractivity contribution is 0.230. The van der Waals surface area contributed by atoms with Gasteiger partial charge in [-0.05, 0) is 26.0 Å². The van der Waals surface area contributed by atoms with Gasteiger partial charge in [-0.25, -0.2) is 9.97 Å². The van der Waals surface area contributed by atoms with Crippen molar-refractivity contribution in [1.82, 2.24) is 9.97 Å². The number of rotatable bonds is 5. The minimum atomic E-state index is 0.0716. The van der Waals surface area contributed by atoms with Crippen LogP contribution in [-0.4, -0.2) is 16.1 Å². The standard InChI is InChI=1S/C14H17ClN4O/c1-9(2)20-14-10(4-3-5-17-14)7-18-13-12(16)6-11(15)8-19-13/h3-6,8-9H,7,16H2,1-2H3,(H,18,19). The van der Waals surface area contributed by atoms with E-state index < -0.39 is 0 Å². The van der Waals surface area contributed by atoms with E-state index in [1.165, 1.54) is 0 Å². The second kappa shape index (κ2) is 6.43. The number of hydrogen-bond donors (Lipinski definition) is 2. The molecular weight excluding hydrogens is 276 g/mol. The third-order valence-corrected chi connectivity index (χ3v) is 2.73. The predicted molar refractivity (Wildman–Crippen MR) is 81.0 cm³/mol. The second-order valence-electron chi connectivity index (χ2n) is 4.58. The molecule has 5 nitrogen and oxygen atoms in total. The summed E-state index contributed by atoms with van der Waals surface area (Å²) in [6.07, 6.45) is 3.33. The molecule has 2 aromatic rings. The highest BCUT2D eigenvalue weighted by atomic mass is 35.5. The first-order valence-corrected chi connectivity index (χ1v) is 6.69. The summed E-state index contributed by atoms with van der Waals surface area (Å²) in [5.74, 6) is 1.20. The average molecular weight is 293 g/mol. The van der Waals surface area contributed by atoms with Crippen molar-refractivity contribution < 1.29 is 4.74 Å². The summed E-state index contributed by atoms with van der Waals surface area (Å²) in [5.41, 5.74) is 7.30. The number of nitrogens with one attached hydrogen (secondary N) is 1. The molecule has 2 heterocycles. The number of halogens is 1. The number of ether oxygens (including phenoxy) is 1. The van der Waals surface area contributed by atoms with Crippen molar-refractivity contribution in [2.24, 2.45) is 0 Å². The second-order valence-corrected chi connectivity index (χ2v) is 5.02. The summed E-state index contributed by atoms with van der Waals surface area (Å²) in [4.78, 5) is 8.39. The smallest absolute Gasteiger partial charge is 0.218 e. The fourth-order valence-corrected chi connectivity index (χ4v) is 1.84. The van der Waals surface area contributed by atoms with Crippen LogP contribution in [0.2, 0.25) is 5.02 Å². The zero-order valence-corrected chi connectivity index (χ0v) is 12.2. The fourth-order valence-electron chi connectivity index (χ4n) is 1.67. The molecule has 106 valence electrons. The molecule has 0 aliphatic rings.